The average molecular weight is 306 g/mol. The summed E-state index contributed by atoms with van der Waals surface area (Å²) in [7, 11) is 0. The minimum atomic E-state index is -0.432. The Bertz CT molecular complexity index is 543. The number of carbonyl (C=O) groups is 3. The van der Waals surface area contributed by atoms with Crippen molar-refractivity contribution in [3.8, 4) is 0 Å². The molecule has 1 saturated carbocycles. The van der Waals surface area contributed by atoms with E-state index in [1.165, 1.54) is 13.0 Å². The molecule has 2 aliphatic rings. The molecule has 2 aliphatic carbocycles. The fraction of sp³-hybridized carbons (Fsp3) is 0.588. The molecule has 0 heterocycles. The third kappa shape index (κ3) is 3.13. The molecule has 0 saturated heterocycles. The Hall–Kier alpha value is -1.91. The van der Waals surface area contributed by atoms with Gasteiger partial charge in [-0.25, -0.2) is 9.59 Å². The monoisotopic (exact) mass is 306 g/mol. The van der Waals surface area contributed by atoms with Crippen LogP contribution in [0.5, 0.6) is 0 Å². The molecule has 0 aromatic rings. The molecule has 0 aliphatic heterocycles. The summed E-state index contributed by atoms with van der Waals surface area (Å²) in [5.41, 5.74) is 0.938. The fourth-order valence-corrected chi connectivity index (χ4v) is 3.49. The molecule has 22 heavy (non-hydrogen) atoms. The summed E-state index contributed by atoms with van der Waals surface area (Å²) in [6.45, 7) is 5.53. The van der Waals surface area contributed by atoms with Crippen LogP contribution in [-0.4, -0.2) is 30.9 Å². The van der Waals surface area contributed by atoms with Crippen LogP contribution in [0.2, 0.25) is 0 Å². The normalized spacial score (nSPS) is 26.6. The number of hydrogen-bond donors (Lipinski definition) is 0. The van der Waals surface area contributed by atoms with Crippen molar-refractivity contribution in [1.82, 2.24) is 0 Å². The molecule has 1 fully saturated rings. The van der Waals surface area contributed by atoms with Crippen molar-refractivity contribution in [2.45, 2.75) is 33.6 Å². The maximum atomic E-state index is 12.3. The van der Waals surface area contributed by atoms with Gasteiger partial charge in [-0.1, -0.05) is 6.08 Å². The summed E-state index contributed by atoms with van der Waals surface area (Å²) >= 11 is 0. The van der Waals surface area contributed by atoms with Crippen molar-refractivity contribution >= 4 is 17.7 Å². The van der Waals surface area contributed by atoms with E-state index in [0.717, 1.165) is 12.8 Å². The summed E-state index contributed by atoms with van der Waals surface area (Å²) in [4.78, 5) is 35.5. The Morgan fingerprint density at radius 1 is 1.05 bits per heavy atom. The molecule has 2 rings (SSSR count). The second-order valence-electron chi connectivity index (χ2n) is 5.68. The molecule has 0 aromatic carbocycles. The van der Waals surface area contributed by atoms with Crippen LogP contribution in [-0.2, 0) is 23.9 Å². The predicted octanol–water partition coefficient (Wildman–Crippen LogP) is 2.21. The topological polar surface area (TPSA) is 69.7 Å². The van der Waals surface area contributed by atoms with Crippen LogP contribution in [0.4, 0.5) is 0 Å². The highest BCUT2D eigenvalue weighted by Crippen LogP contribution is 2.53. The number of fused-ring (bicyclic) bond motifs is 2. The van der Waals surface area contributed by atoms with Crippen LogP contribution < -0.4 is 0 Å². The Morgan fingerprint density at radius 3 is 2.18 bits per heavy atom. The second-order valence-corrected chi connectivity index (χ2v) is 5.68. The first kappa shape index (κ1) is 16.5. The molecule has 0 aromatic heterocycles. The van der Waals surface area contributed by atoms with Crippen LogP contribution in [0.15, 0.2) is 23.3 Å². The van der Waals surface area contributed by atoms with E-state index in [-0.39, 0.29) is 36.8 Å². The zero-order valence-electron chi connectivity index (χ0n) is 13.3. The Balaban J connectivity index is 2.31. The Kier molecular flexibility index (Phi) is 5.16. The summed E-state index contributed by atoms with van der Waals surface area (Å²) in [6, 6.07) is 0. The zero-order chi connectivity index (χ0) is 16.3. The molecule has 0 unspecified atom stereocenters. The quantitative estimate of drug-likeness (QED) is 0.556. The van der Waals surface area contributed by atoms with E-state index in [9.17, 15) is 14.4 Å². The van der Waals surface area contributed by atoms with Gasteiger partial charge in [0.1, 0.15) is 0 Å². The van der Waals surface area contributed by atoms with E-state index in [2.05, 4.69) is 0 Å². The average Bonchev–Trinajstić information content (AvgIpc) is 3.02. The molecule has 5 nitrogen and oxygen atoms in total. The summed E-state index contributed by atoms with van der Waals surface area (Å²) in [5, 5.41) is 0. The largest absolute Gasteiger partial charge is 0.463 e. The van der Waals surface area contributed by atoms with Gasteiger partial charge >= 0.3 is 11.9 Å². The van der Waals surface area contributed by atoms with Gasteiger partial charge in [0.05, 0.1) is 24.4 Å². The first-order valence-corrected chi connectivity index (χ1v) is 7.76. The molecule has 3 atom stereocenters. The van der Waals surface area contributed by atoms with Crippen molar-refractivity contribution in [3.63, 3.8) is 0 Å². The van der Waals surface area contributed by atoms with Gasteiger partial charge in [-0.2, -0.15) is 0 Å². The summed E-state index contributed by atoms with van der Waals surface area (Å²) < 4.78 is 10.2. The lowest BCUT2D eigenvalue weighted by atomic mass is 9.83. The molecule has 0 spiro atoms. The van der Waals surface area contributed by atoms with Crippen LogP contribution in [0.25, 0.3) is 0 Å². The third-order valence-electron chi connectivity index (χ3n) is 4.25. The van der Waals surface area contributed by atoms with Gasteiger partial charge < -0.3 is 9.47 Å². The van der Waals surface area contributed by atoms with E-state index < -0.39 is 11.9 Å². The number of allylic oxidation sites excluding steroid dienone is 2. The number of esters is 2. The maximum absolute atomic E-state index is 12.3. The first-order valence-electron chi connectivity index (χ1n) is 7.76. The van der Waals surface area contributed by atoms with Gasteiger partial charge in [-0.3, -0.25) is 4.79 Å². The molecule has 5 heteroatoms. The van der Waals surface area contributed by atoms with Gasteiger partial charge in [-0.15, -0.1) is 0 Å². The highest BCUT2D eigenvalue weighted by atomic mass is 16.5. The van der Waals surface area contributed by atoms with E-state index >= 15 is 0 Å². The number of rotatable bonds is 6. The summed E-state index contributed by atoms with van der Waals surface area (Å²) in [5.74, 6) is -0.795. The van der Waals surface area contributed by atoms with E-state index in [0.29, 0.717) is 11.1 Å². The molecule has 120 valence electrons. The standard InChI is InChI=1S/C17H22O5/c1-4-21-16(19)14-12-8-11(7-6-10(3)18)13(9-12)15(14)17(20)22-5-2/h6-7,11-13H,4-5,8-9H2,1-3H3/b7-6+/t11-,12-,13-/m0/s1. The highest BCUT2D eigenvalue weighted by molar-refractivity contribution is 6.02. The van der Waals surface area contributed by atoms with Crippen LogP contribution in [0.3, 0.4) is 0 Å². The zero-order valence-corrected chi connectivity index (χ0v) is 13.3. The Morgan fingerprint density at radius 2 is 1.64 bits per heavy atom. The predicted molar refractivity (Wildman–Crippen MR) is 79.8 cm³/mol. The van der Waals surface area contributed by atoms with Crippen molar-refractivity contribution in [2.75, 3.05) is 13.2 Å². The number of ketones is 1. The van der Waals surface area contributed by atoms with Gasteiger partial charge in [0.15, 0.2) is 5.78 Å². The third-order valence-corrected chi connectivity index (χ3v) is 4.25. The molecule has 2 bridgehead atoms. The molecule has 0 N–H and O–H groups in total. The van der Waals surface area contributed by atoms with Crippen molar-refractivity contribution in [3.05, 3.63) is 23.3 Å². The fourth-order valence-electron chi connectivity index (χ4n) is 3.49. The van der Waals surface area contributed by atoms with Crippen LogP contribution >= 0.6 is 0 Å². The van der Waals surface area contributed by atoms with Crippen molar-refractivity contribution < 1.29 is 23.9 Å². The SMILES string of the molecule is CCOC(=O)C1=C(C(=O)OCC)[C@H]2C[C@@H]1C[C@@H]2/C=C/C(C)=O. The van der Waals surface area contributed by atoms with E-state index in [4.69, 9.17) is 9.47 Å². The van der Waals surface area contributed by atoms with Crippen molar-refractivity contribution in [1.29, 1.82) is 0 Å². The number of ether oxygens (including phenoxy) is 2. The van der Waals surface area contributed by atoms with Crippen LogP contribution in [0, 0.1) is 17.8 Å². The van der Waals surface area contributed by atoms with Crippen LogP contribution in [0.1, 0.15) is 33.6 Å². The van der Waals surface area contributed by atoms with Gasteiger partial charge in [0, 0.05) is 0 Å². The smallest absolute Gasteiger partial charge is 0.334 e. The lowest BCUT2D eigenvalue weighted by molar-refractivity contribution is -0.142. The number of carbonyl (C=O) groups excluding carboxylic acids is 3. The lowest BCUT2D eigenvalue weighted by Gasteiger charge is -2.23. The maximum Gasteiger partial charge on any atom is 0.334 e. The minimum absolute atomic E-state index is 0.0185. The molecule has 0 amide bonds. The van der Waals surface area contributed by atoms with E-state index in [1.54, 1.807) is 13.8 Å². The highest BCUT2D eigenvalue weighted by Gasteiger charge is 2.50. The summed E-state index contributed by atoms with van der Waals surface area (Å²) in [6.07, 6.45) is 4.91. The lowest BCUT2D eigenvalue weighted by Crippen LogP contribution is -2.25. The molecule has 0 radical (unpaired) electrons. The van der Waals surface area contributed by atoms with E-state index in [1.807, 2.05) is 6.08 Å². The minimum Gasteiger partial charge on any atom is -0.463 e. The van der Waals surface area contributed by atoms with Gasteiger partial charge in [0.25, 0.3) is 0 Å². The van der Waals surface area contributed by atoms with Gasteiger partial charge in [-0.05, 0) is 57.4 Å². The second kappa shape index (κ2) is 6.90. The first-order chi connectivity index (χ1) is 10.5. The molecular weight excluding hydrogens is 284 g/mol. The van der Waals surface area contributed by atoms with Gasteiger partial charge in [0.2, 0.25) is 0 Å². The number of hydrogen-bond acceptors (Lipinski definition) is 5. The molecular formula is C17H22O5. The Labute approximate surface area is 130 Å². The van der Waals surface area contributed by atoms with Crippen molar-refractivity contribution in [2.24, 2.45) is 17.8 Å².